The molecule has 8 N–H and O–H groups in total. The first-order chi connectivity index (χ1) is 4.00. The Morgan fingerprint density at radius 2 is 1.00 bits per heavy atom. The van der Waals surface area contributed by atoms with Gasteiger partial charge in [-0.2, -0.15) is 5.84 Å². The summed E-state index contributed by atoms with van der Waals surface area (Å²) in [6, 6.07) is 0. The van der Waals surface area contributed by atoms with Crippen molar-refractivity contribution >= 4 is 162 Å². The molecule has 0 unspecified atom stereocenters. The monoisotopic (exact) mass is 310 g/mol. The Labute approximate surface area is 213 Å². The molecule has 0 aliphatic heterocycles. The van der Waals surface area contributed by atoms with Crippen LogP contribution < -0.4 is 12.0 Å². The van der Waals surface area contributed by atoms with E-state index in [2.05, 4.69) is 0 Å². The Kier molecular flexibility index (Phi) is 46.5. The van der Waals surface area contributed by atoms with Crippen LogP contribution in [0.25, 0.3) is 0 Å². The van der Waals surface area contributed by atoms with E-state index in [0.717, 1.165) is 0 Å². The van der Waals surface area contributed by atoms with Crippen LogP contribution in [0.2, 0.25) is 0 Å². The van der Waals surface area contributed by atoms with Gasteiger partial charge in [0.2, 0.25) is 0 Å². The summed E-state index contributed by atoms with van der Waals surface area (Å²) in [6.07, 6.45) is 0. The molecule has 0 amide bonds. The summed E-state index contributed by atoms with van der Waals surface area (Å²) in [5.41, 5.74) is 0. The number of nitrogens with zero attached hydrogens (tertiary/aromatic N) is 1. The van der Waals surface area contributed by atoms with Crippen LogP contribution >= 0.6 is 7.82 Å². The average molecular weight is 310 g/mol. The van der Waals surface area contributed by atoms with Crippen molar-refractivity contribution in [3.8, 4) is 0 Å². The summed E-state index contributed by atoms with van der Waals surface area (Å²) in [5.74, 6) is 5.29. The Balaban J connectivity index is -0.0000000178. The van der Waals surface area contributed by atoms with Gasteiger partial charge in [0.25, 0.3) is 0 Å². The summed E-state index contributed by atoms with van der Waals surface area (Å²) in [6.45, 7) is 0. The SMILES string of the molecule is C[N+](C)(C)N.N.O=P(O)(O)O.[KH].[KH].[KH]. The van der Waals surface area contributed by atoms with Gasteiger partial charge in [-0.3, -0.25) is 4.59 Å². The first-order valence-electron chi connectivity index (χ1n) is 2.38. The van der Waals surface area contributed by atoms with Gasteiger partial charge in [-0.1, -0.05) is 0 Å². The fourth-order valence-electron chi connectivity index (χ4n) is 0. The standard InChI is InChI=1S/C3H11N2.3K.H3N.H3O4P.3H/c1-5(2,3)4;;;;;1-5(2,3)4;;;/h4H2,1-3H3;;;;1H3;(H3,1,2,3,4);;;/q+1;;;;;;;;. The van der Waals surface area contributed by atoms with Crippen LogP contribution in [0.3, 0.4) is 0 Å². The molecule has 0 aliphatic carbocycles. The van der Waals surface area contributed by atoms with Gasteiger partial charge in [0, 0.05) is 0 Å². The fourth-order valence-corrected chi connectivity index (χ4v) is 0. The predicted molar refractivity (Wildman–Crippen MR) is 63.0 cm³/mol. The van der Waals surface area contributed by atoms with E-state index in [9.17, 15) is 0 Å². The Morgan fingerprint density at radius 3 is 1.00 bits per heavy atom. The van der Waals surface area contributed by atoms with Crippen LogP contribution in [-0.2, 0) is 4.57 Å². The number of phosphoric acid groups is 1. The number of quaternary nitrogens is 1. The van der Waals surface area contributed by atoms with Crippen molar-refractivity contribution in [2.75, 3.05) is 21.1 Å². The van der Waals surface area contributed by atoms with E-state index >= 15 is 0 Å². The maximum atomic E-state index is 8.88. The molecule has 78 valence electrons. The zero-order chi connectivity index (χ0) is 9.00. The molecule has 0 heterocycles. The third-order valence-electron chi connectivity index (χ3n) is 0. The molecule has 0 aromatic heterocycles. The quantitative estimate of drug-likeness (QED) is 0.105. The summed E-state index contributed by atoms with van der Waals surface area (Å²) in [7, 11) is 1.07. The molecular formula is C3H20K3N3O4P+. The third kappa shape index (κ3) is 178. The molecule has 7 nitrogen and oxygen atoms in total. The normalized spacial score (nSPS) is 8.50. The first-order valence-corrected chi connectivity index (χ1v) is 3.95. The van der Waals surface area contributed by atoms with Gasteiger partial charge < -0.3 is 20.8 Å². The van der Waals surface area contributed by atoms with Gasteiger partial charge in [-0.05, 0) is 0 Å². The molecule has 0 atom stereocenters. The van der Waals surface area contributed by atoms with Gasteiger partial charge in [0.05, 0.1) is 21.1 Å². The molecule has 14 heavy (non-hydrogen) atoms. The Hall–Kier alpha value is 4.90. The van der Waals surface area contributed by atoms with Crippen LogP contribution in [0.5, 0.6) is 0 Å². The second kappa shape index (κ2) is 17.9. The molecule has 0 bridgehead atoms. The topological polar surface area (TPSA) is 139 Å². The first kappa shape index (κ1) is 36.4. The van der Waals surface area contributed by atoms with E-state index in [1.807, 2.05) is 21.1 Å². The summed E-state index contributed by atoms with van der Waals surface area (Å²) >= 11 is 0. The second-order valence-corrected chi connectivity index (χ2v) is 3.66. The van der Waals surface area contributed by atoms with Gasteiger partial charge in [0.15, 0.2) is 0 Å². The Morgan fingerprint density at radius 1 is 1.00 bits per heavy atom. The average Bonchev–Trinajstić information content (AvgIpc) is 1.12. The molecular weight excluding hydrogens is 290 g/mol. The number of nitrogens with two attached hydrogens (primary N) is 1. The molecule has 0 saturated carbocycles. The molecule has 0 spiro atoms. The molecule has 0 aromatic carbocycles. The maximum absolute atomic E-state index is 8.88. The van der Waals surface area contributed by atoms with E-state index in [0.29, 0.717) is 4.59 Å². The minimum atomic E-state index is -4.64. The molecule has 0 aromatic rings. The van der Waals surface area contributed by atoms with Crippen LogP contribution in [0, 0.1) is 0 Å². The number of hydrogen-bond donors (Lipinski definition) is 5. The van der Waals surface area contributed by atoms with E-state index < -0.39 is 7.82 Å². The summed E-state index contributed by atoms with van der Waals surface area (Å²) in [4.78, 5) is 21.6. The number of hydrogen-bond acceptors (Lipinski definition) is 3. The van der Waals surface area contributed by atoms with E-state index in [-0.39, 0.29) is 160 Å². The second-order valence-electron chi connectivity index (χ2n) is 2.63. The minimum absolute atomic E-state index is 0. The van der Waals surface area contributed by atoms with Crippen molar-refractivity contribution in [1.82, 2.24) is 6.15 Å². The van der Waals surface area contributed by atoms with E-state index in [1.54, 1.807) is 0 Å². The van der Waals surface area contributed by atoms with Crippen LogP contribution in [0.15, 0.2) is 0 Å². The zero-order valence-corrected chi connectivity index (χ0v) is 7.82. The summed E-state index contributed by atoms with van der Waals surface area (Å²) < 4.78 is 9.38. The van der Waals surface area contributed by atoms with Gasteiger partial charge in [0.1, 0.15) is 0 Å². The van der Waals surface area contributed by atoms with E-state index in [4.69, 9.17) is 25.1 Å². The molecule has 11 heteroatoms. The van der Waals surface area contributed by atoms with Crippen LogP contribution in [0.4, 0.5) is 0 Å². The molecule has 0 saturated heterocycles. The molecule has 0 aliphatic rings. The van der Waals surface area contributed by atoms with Crippen LogP contribution in [-0.4, -0.2) is 195 Å². The predicted octanol–water partition coefficient (Wildman–Crippen LogP) is -3.15. The molecule has 0 fully saturated rings. The Bertz CT molecular complexity index is 123. The zero-order valence-electron chi connectivity index (χ0n) is 6.93. The van der Waals surface area contributed by atoms with Crippen molar-refractivity contribution in [2.24, 2.45) is 5.84 Å². The van der Waals surface area contributed by atoms with Crippen molar-refractivity contribution < 1.29 is 23.8 Å². The number of rotatable bonds is 0. The van der Waals surface area contributed by atoms with Crippen molar-refractivity contribution in [1.29, 1.82) is 0 Å². The molecule has 0 radical (unpaired) electrons. The molecule has 0 rings (SSSR count). The van der Waals surface area contributed by atoms with Gasteiger partial charge in [-0.25, -0.2) is 4.57 Å². The van der Waals surface area contributed by atoms with Crippen molar-refractivity contribution in [3.63, 3.8) is 0 Å². The van der Waals surface area contributed by atoms with E-state index in [1.165, 1.54) is 0 Å². The van der Waals surface area contributed by atoms with Crippen molar-refractivity contribution in [3.05, 3.63) is 0 Å². The van der Waals surface area contributed by atoms with Crippen LogP contribution in [0.1, 0.15) is 0 Å². The van der Waals surface area contributed by atoms with Gasteiger partial charge >= 0.3 is 162 Å². The third-order valence-corrected chi connectivity index (χ3v) is 0. The fraction of sp³-hybridized carbons (Fsp3) is 1.00. The summed E-state index contributed by atoms with van der Waals surface area (Å²) in [5, 5.41) is 0. The van der Waals surface area contributed by atoms with Gasteiger partial charge in [-0.15, -0.1) is 0 Å². The van der Waals surface area contributed by atoms with Crippen molar-refractivity contribution in [2.45, 2.75) is 0 Å².